The Balaban J connectivity index is 1.59. The molecule has 2 heterocycles. The van der Waals surface area contributed by atoms with Crippen molar-refractivity contribution in [1.29, 1.82) is 0 Å². The molecule has 1 saturated carbocycles. The number of hydrogen-bond acceptors (Lipinski definition) is 5. The van der Waals surface area contributed by atoms with Crippen LogP contribution in [-0.2, 0) is 22.6 Å². The summed E-state index contributed by atoms with van der Waals surface area (Å²) in [5, 5.41) is 4.18. The Morgan fingerprint density at radius 3 is 2.81 bits per heavy atom. The first-order valence-corrected chi connectivity index (χ1v) is 8.53. The highest BCUT2D eigenvalue weighted by molar-refractivity contribution is 7.11. The molecular formula is C15H21N3O2S. The average molecular weight is 307 g/mol. The number of rotatable bonds is 5. The molecule has 3 rings (SSSR count). The number of nitrogens with one attached hydrogen (secondary N) is 1. The van der Waals surface area contributed by atoms with Crippen LogP contribution < -0.4 is 5.32 Å². The second-order valence-corrected chi connectivity index (χ2v) is 6.95. The van der Waals surface area contributed by atoms with E-state index in [0.29, 0.717) is 13.0 Å². The number of nitrogens with zero attached hydrogens (tertiary/aromatic N) is 2. The van der Waals surface area contributed by atoms with Crippen LogP contribution in [-0.4, -0.2) is 33.8 Å². The van der Waals surface area contributed by atoms with Gasteiger partial charge >= 0.3 is 0 Å². The van der Waals surface area contributed by atoms with Crippen LogP contribution in [0.15, 0.2) is 6.20 Å². The molecule has 1 saturated heterocycles. The highest BCUT2D eigenvalue weighted by Gasteiger charge is 2.42. The number of thiazole rings is 1. The molecule has 114 valence electrons. The maximum atomic E-state index is 12.4. The minimum absolute atomic E-state index is 0.0159. The van der Waals surface area contributed by atoms with E-state index in [1.165, 1.54) is 9.78 Å². The number of amides is 2. The average Bonchev–Trinajstić information content (AvgIpc) is 3.18. The summed E-state index contributed by atoms with van der Waals surface area (Å²) in [6.45, 7) is 2.66. The quantitative estimate of drug-likeness (QED) is 0.844. The molecule has 0 radical (unpaired) electrons. The van der Waals surface area contributed by atoms with Crippen molar-refractivity contribution >= 4 is 23.2 Å². The van der Waals surface area contributed by atoms with Gasteiger partial charge in [0.05, 0.1) is 12.5 Å². The molecule has 5 nitrogen and oxygen atoms in total. The highest BCUT2D eigenvalue weighted by atomic mass is 32.1. The van der Waals surface area contributed by atoms with E-state index in [2.05, 4.69) is 17.2 Å². The molecule has 0 aromatic carbocycles. The summed E-state index contributed by atoms with van der Waals surface area (Å²) in [6, 6.07) is -0.226. The van der Waals surface area contributed by atoms with Crippen LogP contribution in [0.2, 0.25) is 0 Å². The van der Waals surface area contributed by atoms with Crippen LogP contribution in [0.25, 0.3) is 0 Å². The molecule has 1 atom stereocenters. The van der Waals surface area contributed by atoms with E-state index in [-0.39, 0.29) is 23.9 Å². The van der Waals surface area contributed by atoms with E-state index < -0.39 is 0 Å². The number of aryl methyl sites for hydroxylation is 1. The summed E-state index contributed by atoms with van der Waals surface area (Å²) in [5.41, 5.74) is 0. The zero-order valence-corrected chi connectivity index (χ0v) is 13.1. The summed E-state index contributed by atoms with van der Waals surface area (Å²) in [4.78, 5) is 31.6. The third kappa shape index (κ3) is 3.01. The molecule has 1 aromatic heterocycles. The fourth-order valence-corrected chi connectivity index (χ4v) is 3.97. The molecule has 21 heavy (non-hydrogen) atoms. The molecule has 1 aromatic rings. The van der Waals surface area contributed by atoms with Crippen molar-refractivity contribution in [3.63, 3.8) is 0 Å². The highest BCUT2D eigenvalue weighted by Crippen LogP contribution is 2.28. The standard InChI is InChI=1S/C15H21N3O2S/c1-2-11-8-17-13(21-11)9-16-12-7-14(19)18(15(12)20)10-5-3-4-6-10/h8,10,12,16H,2-7,9H2,1H3. The summed E-state index contributed by atoms with van der Waals surface area (Å²) >= 11 is 1.66. The van der Waals surface area contributed by atoms with Gasteiger partial charge in [0.25, 0.3) is 0 Å². The maximum Gasteiger partial charge on any atom is 0.247 e. The van der Waals surface area contributed by atoms with Crippen molar-refractivity contribution in [1.82, 2.24) is 15.2 Å². The van der Waals surface area contributed by atoms with Crippen molar-refractivity contribution in [2.24, 2.45) is 0 Å². The number of aromatic nitrogens is 1. The predicted octanol–water partition coefficient (Wildman–Crippen LogP) is 1.87. The van der Waals surface area contributed by atoms with Crippen LogP contribution in [0, 0.1) is 0 Å². The lowest BCUT2D eigenvalue weighted by Gasteiger charge is -2.22. The molecule has 0 spiro atoms. The fourth-order valence-electron chi connectivity index (χ4n) is 3.16. The summed E-state index contributed by atoms with van der Waals surface area (Å²) < 4.78 is 0. The molecule has 1 N–H and O–H groups in total. The summed E-state index contributed by atoms with van der Waals surface area (Å²) in [5.74, 6) is -0.0584. The predicted molar refractivity (Wildman–Crippen MR) is 80.8 cm³/mol. The van der Waals surface area contributed by atoms with Gasteiger partial charge in [-0.1, -0.05) is 19.8 Å². The van der Waals surface area contributed by atoms with Crippen molar-refractivity contribution in [2.45, 2.75) is 64.1 Å². The second-order valence-electron chi connectivity index (χ2n) is 5.75. The Morgan fingerprint density at radius 1 is 1.38 bits per heavy atom. The Morgan fingerprint density at radius 2 is 2.14 bits per heavy atom. The van der Waals surface area contributed by atoms with Gasteiger partial charge in [0.1, 0.15) is 5.01 Å². The molecule has 6 heteroatoms. The molecule has 1 aliphatic carbocycles. The zero-order chi connectivity index (χ0) is 14.8. The normalized spacial score (nSPS) is 23.5. The number of likely N-dealkylation sites (tertiary alicyclic amines) is 1. The fraction of sp³-hybridized carbons (Fsp3) is 0.667. The topological polar surface area (TPSA) is 62.3 Å². The van der Waals surface area contributed by atoms with Gasteiger partial charge in [0.15, 0.2) is 0 Å². The van der Waals surface area contributed by atoms with E-state index in [0.717, 1.165) is 37.1 Å². The minimum Gasteiger partial charge on any atom is -0.299 e. The number of imide groups is 1. The number of carbonyl (C=O) groups is 2. The monoisotopic (exact) mass is 307 g/mol. The number of hydrogen-bond donors (Lipinski definition) is 1. The largest absolute Gasteiger partial charge is 0.299 e. The smallest absolute Gasteiger partial charge is 0.247 e. The van der Waals surface area contributed by atoms with Crippen LogP contribution in [0.3, 0.4) is 0 Å². The summed E-state index contributed by atoms with van der Waals surface area (Å²) in [6.07, 6.45) is 7.34. The lowest BCUT2D eigenvalue weighted by molar-refractivity contribution is -0.141. The van der Waals surface area contributed by atoms with Gasteiger partial charge in [-0.3, -0.25) is 19.8 Å². The van der Waals surface area contributed by atoms with Crippen LogP contribution in [0.4, 0.5) is 0 Å². The first kappa shape index (κ1) is 14.7. The molecule has 0 bridgehead atoms. The van der Waals surface area contributed by atoms with Gasteiger partial charge in [-0.05, 0) is 19.3 Å². The van der Waals surface area contributed by atoms with E-state index in [1.54, 1.807) is 11.3 Å². The molecule has 1 aliphatic heterocycles. The molecule has 2 amide bonds. The van der Waals surface area contributed by atoms with Crippen molar-refractivity contribution in [2.75, 3.05) is 0 Å². The van der Waals surface area contributed by atoms with Gasteiger partial charge in [0.2, 0.25) is 11.8 Å². The van der Waals surface area contributed by atoms with Crippen LogP contribution in [0.1, 0.15) is 48.9 Å². The zero-order valence-electron chi connectivity index (χ0n) is 12.3. The van der Waals surface area contributed by atoms with Crippen molar-refractivity contribution < 1.29 is 9.59 Å². The second kappa shape index (κ2) is 6.23. The summed E-state index contributed by atoms with van der Waals surface area (Å²) in [7, 11) is 0. The Hall–Kier alpha value is -1.27. The lowest BCUT2D eigenvalue weighted by Crippen LogP contribution is -2.42. The molecule has 2 fully saturated rings. The third-order valence-corrected chi connectivity index (χ3v) is 5.46. The first-order valence-electron chi connectivity index (χ1n) is 7.72. The first-order chi connectivity index (χ1) is 10.2. The van der Waals surface area contributed by atoms with Gasteiger partial charge in [0, 0.05) is 23.7 Å². The van der Waals surface area contributed by atoms with E-state index in [4.69, 9.17) is 0 Å². The lowest BCUT2D eigenvalue weighted by atomic mass is 10.2. The van der Waals surface area contributed by atoms with Crippen molar-refractivity contribution in [3.05, 3.63) is 16.1 Å². The third-order valence-electron chi connectivity index (χ3n) is 4.32. The van der Waals surface area contributed by atoms with Crippen molar-refractivity contribution in [3.8, 4) is 0 Å². The SMILES string of the molecule is CCc1cnc(CNC2CC(=O)N(C3CCCC3)C2=O)s1. The Bertz CT molecular complexity index is 537. The molecule has 1 unspecified atom stereocenters. The minimum atomic E-state index is -0.368. The van der Waals surface area contributed by atoms with E-state index in [1.807, 2.05) is 6.20 Å². The Labute approximate surface area is 128 Å². The number of carbonyl (C=O) groups excluding carboxylic acids is 2. The van der Waals surface area contributed by atoms with E-state index in [9.17, 15) is 9.59 Å². The van der Waals surface area contributed by atoms with Gasteiger partial charge < -0.3 is 0 Å². The Kier molecular flexibility index (Phi) is 4.35. The van der Waals surface area contributed by atoms with Gasteiger partial charge in [-0.15, -0.1) is 11.3 Å². The van der Waals surface area contributed by atoms with Crippen LogP contribution in [0.5, 0.6) is 0 Å². The molecule has 2 aliphatic rings. The van der Waals surface area contributed by atoms with Gasteiger partial charge in [-0.25, -0.2) is 4.98 Å². The van der Waals surface area contributed by atoms with Crippen LogP contribution >= 0.6 is 11.3 Å². The molecular weight excluding hydrogens is 286 g/mol. The van der Waals surface area contributed by atoms with E-state index >= 15 is 0 Å². The maximum absolute atomic E-state index is 12.4. The van der Waals surface area contributed by atoms with Gasteiger partial charge in [-0.2, -0.15) is 0 Å².